The molecule has 0 aliphatic heterocycles. The molecule has 1 aliphatic rings. The Kier molecular flexibility index (Phi) is 6.32. The second kappa shape index (κ2) is 8.13. The number of rotatable bonds is 9. The van der Waals surface area contributed by atoms with Crippen LogP contribution in [0.2, 0.25) is 0 Å². The van der Waals surface area contributed by atoms with E-state index in [4.69, 9.17) is 9.84 Å². The first kappa shape index (κ1) is 21.0. The van der Waals surface area contributed by atoms with Crippen LogP contribution >= 0.6 is 0 Å². The van der Waals surface area contributed by atoms with Gasteiger partial charge in [0.1, 0.15) is 5.75 Å². The van der Waals surface area contributed by atoms with Crippen molar-refractivity contribution in [3.63, 3.8) is 0 Å². The number of carbonyl (C=O) groups excluding carboxylic acids is 1. The molecule has 1 fully saturated rings. The number of methoxy groups -OCH3 is 1. The summed E-state index contributed by atoms with van der Waals surface area (Å²) in [5.74, 6) is -0.646. The van der Waals surface area contributed by atoms with Crippen molar-refractivity contribution in [2.75, 3.05) is 12.4 Å². The highest BCUT2D eigenvalue weighted by molar-refractivity contribution is 7.89. The van der Waals surface area contributed by atoms with Gasteiger partial charge in [-0.15, -0.1) is 0 Å². The van der Waals surface area contributed by atoms with Gasteiger partial charge in [-0.2, -0.15) is 0 Å². The van der Waals surface area contributed by atoms with Crippen LogP contribution in [-0.2, 0) is 14.8 Å². The lowest BCUT2D eigenvalue weighted by Gasteiger charge is -2.26. The molecule has 4 N–H and O–H groups in total. The number of sulfonamides is 1. The third-order valence-electron chi connectivity index (χ3n) is 4.04. The van der Waals surface area contributed by atoms with Crippen molar-refractivity contribution in [1.82, 2.24) is 10.0 Å². The number of benzene rings is 1. The Bertz CT molecular complexity index is 818. The fourth-order valence-corrected chi connectivity index (χ4v) is 3.71. The third kappa shape index (κ3) is 6.40. The van der Waals surface area contributed by atoms with Crippen LogP contribution in [-0.4, -0.2) is 44.2 Å². The minimum absolute atomic E-state index is 0.0237. The van der Waals surface area contributed by atoms with Crippen molar-refractivity contribution >= 4 is 27.7 Å². The van der Waals surface area contributed by atoms with Gasteiger partial charge in [0.25, 0.3) is 0 Å². The molecule has 150 valence electrons. The summed E-state index contributed by atoms with van der Waals surface area (Å²) < 4.78 is 32.5. The number of hydrogen-bond donors (Lipinski definition) is 4. The number of urea groups is 1. The van der Waals surface area contributed by atoms with Crippen LogP contribution in [0.1, 0.15) is 39.5 Å². The lowest BCUT2D eigenvalue weighted by Crippen LogP contribution is -2.45. The van der Waals surface area contributed by atoms with Gasteiger partial charge in [-0.1, -0.05) is 0 Å². The van der Waals surface area contributed by atoms with Crippen molar-refractivity contribution in [2.24, 2.45) is 0 Å². The molecule has 1 aromatic carbocycles. The van der Waals surface area contributed by atoms with Gasteiger partial charge in [0.2, 0.25) is 10.0 Å². The molecular formula is C17H25N3O6S. The second-order valence-electron chi connectivity index (χ2n) is 7.11. The zero-order valence-corrected chi connectivity index (χ0v) is 16.4. The maximum Gasteiger partial charge on any atom is 0.319 e. The van der Waals surface area contributed by atoms with E-state index < -0.39 is 27.6 Å². The van der Waals surface area contributed by atoms with Gasteiger partial charge in [-0.05, 0) is 51.3 Å². The van der Waals surface area contributed by atoms with E-state index >= 15 is 0 Å². The number of nitrogens with one attached hydrogen (secondary N) is 3. The van der Waals surface area contributed by atoms with Crippen molar-refractivity contribution in [2.45, 2.75) is 56.0 Å². The molecular weight excluding hydrogens is 374 g/mol. The highest BCUT2D eigenvalue weighted by Gasteiger charge is 2.29. The van der Waals surface area contributed by atoms with E-state index in [1.54, 1.807) is 13.8 Å². The molecule has 0 spiro atoms. The van der Waals surface area contributed by atoms with E-state index in [0.29, 0.717) is 5.75 Å². The minimum Gasteiger partial charge on any atom is -0.495 e. The van der Waals surface area contributed by atoms with Crippen LogP contribution in [0.25, 0.3) is 0 Å². The van der Waals surface area contributed by atoms with Crippen LogP contribution < -0.4 is 20.1 Å². The quantitative estimate of drug-likeness (QED) is 0.501. The number of anilines is 1. The monoisotopic (exact) mass is 399 g/mol. The summed E-state index contributed by atoms with van der Waals surface area (Å²) in [5.41, 5.74) is -0.560. The number of carboxylic acid groups (broad SMARTS) is 1. The second-order valence-corrected chi connectivity index (χ2v) is 8.83. The first-order valence-electron chi connectivity index (χ1n) is 8.54. The summed E-state index contributed by atoms with van der Waals surface area (Å²) in [6, 6.07) is 3.57. The molecule has 0 aromatic heterocycles. The van der Waals surface area contributed by atoms with Gasteiger partial charge in [-0.25, -0.2) is 17.9 Å². The van der Waals surface area contributed by atoms with Crippen molar-refractivity contribution in [3.8, 4) is 5.75 Å². The van der Waals surface area contributed by atoms with Gasteiger partial charge in [0.05, 0.1) is 17.7 Å². The maximum atomic E-state index is 12.4. The van der Waals surface area contributed by atoms with Crippen LogP contribution in [0.4, 0.5) is 10.5 Å². The Labute approximate surface area is 158 Å². The molecule has 1 saturated carbocycles. The van der Waals surface area contributed by atoms with E-state index in [1.807, 2.05) is 0 Å². The van der Waals surface area contributed by atoms with Crippen molar-refractivity contribution in [1.29, 1.82) is 0 Å². The van der Waals surface area contributed by atoms with Crippen LogP contribution in [0, 0.1) is 0 Å². The average molecular weight is 399 g/mol. The topological polar surface area (TPSA) is 134 Å². The standard InChI is InChI=1S/C17H25N3O6S/c1-17(2,9-8-15(21)22)19-16(23)18-13-10-12(6-7-14(13)26-3)27(24,25)20-11-4-5-11/h6-7,10-11,20H,4-5,8-9H2,1-3H3,(H,21,22)(H2,18,19,23). The first-order valence-corrected chi connectivity index (χ1v) is 10.0. The summed E-state index contributed by atoms with van der Waals surface area (Å²) in [6.07, 6.45) is 1.78. The molecule has 0 radical (unpaired) electrons. The number of carbonyl (C=O) groups is 2. The summed E-state index contributed by atoms with van der Waals surface area (Å²) in [4.78, 5) is 23.0. The Morgan fingerprint density at radius 1 is 1.30 bits per heavy atom. The molecule has 0 unspecified atom stereocenters. The van der Waals surface area contributed by atoms with E-state index in [-0.39, 0.29) is 29.5 Å². The van der Waals surface area contributed by atoms with Crippen molar-refractivity contribution in [3.05, 3.63) is 18.2 Å². The number of amides is 2. The normalized spacial score (nSPS) is 14.5. The Morgan fingerprint density at radius 2 is 1.96 bits per heavy atom. The number of aliphatic carboxylic acids is 1. The molecule has 0 saturated heterocycles. The lowest BCUT2D eigenvalue weighted by atomic mass is 9.99. The molecule has 27 heavy (non-hydrogen) atoms. The van der Waals surface area contributed by atoms with E-state index in [0.717, 1.165) is 12.8 Å². The van der Waals surface area contributed by atoms with Crippen LogP contribution in [0.5, 0.6) is 5.75 Å². The smallest absolute Gasteiger partial charge is 0.319 e. The Balaban J connectivity index is 2.12. The minimum atomic E-state index is -3.68. The molecule has 1 aliphatic carbocycles. The summed E-state index contributed by atoms with van der Waals surface area (Å²) in [6.45, 7) is 3.40. The molecule has 10 heteroatoms. The van der Waals surface area contributed by atoms with Gasteiger partial charge < -0.3 is 20.5 Å². The van der Waals surface area contributed by atoms with Gasteiger partial charge in [-0.3, -0.25) is 4.79 Å². The predicted molar refractivity (Wildman–Crippen MR) is 99.4 cm³/mol. The SMILES string of the molecule is COc1ccc(S(=O)(=O)NC2CC2)cc1NC(=O)NC(C)(C)CCC(=O)O. The summed E-state index contributed by atoms with van der Waals surface area (Å²) in [5, 5.41) is 14.0. The highest BCUT2D eigenvalue weighted by atomic mass is 32.2. The van der Waals surface area contributed by atoms with E-state index in [9.17, 15) is 18.0 Å². The lowest BCUT2D eigenvalue weighted by molar-refractivity contribution is -0.137. The largest absolute Gasteiger partial charge is 0.495 e. The number of ether oxygens (including phenoxy) is 1. The van der Waals surface area contributed by atoms with Gasteiger partial charge in [0.15, 0.2) is 0 Å². The highest BCUT2D eigenvalue weighted by Crippen LogP contribution is 2.29. The third-order valence-corrected chi connectivity index (χ3v) is 5.56. The van der Waals surface area contributed by atoms with Gasteiger partial charge in [0, 0.05) is 18.0 Å². The Morgan fingerprint density at radius 3 is 2.52 bits per heavy atom. The van der Waals surface area contributed by atoms with E-state index in [1.165, 1.54) is 25.3 Å². The maximum absolute atomic E-state index is 12.4. The summed E-state index contributed by atoms with van der Waals surface area (Å²) in [7, 11) is -2.27. The van der Waals surface area contributed by atoms with Crippen LogP contribution in [0.3, 0.4) is 0 Å². The van der Waals surface area contributed by atoms with Gasteiger partial charge >= 0.3 is 12.0 Å². The molecule has 1 aromatic rings. The average Bonchev–Trinajstić information content (AvgIpc) is 3.35. The number of hydrogen-bond acceptors (Lipinski definition) is 5. The molecule has 9 nitrogen and oxygen atoms in total. The fourth-order valence-electron chi connectivity index (χ4n) is 2.38. The molecule has 0 bridgehead atoms. The number of carboxylic acids is 1. The first-order chi connectivity index (χ1) is 12.5. The predicted octanol–water partition coefficient (Wildman–Crippen LogP) is 1.90. The van der Waals surface area contributed by atoms with E-state index in [2.05, 4.69) is 15.4 Å². The molecule has 0 heterocycles. The molecule has 0 atom stereocenters. The molecule has 2 rings (SSSR count). The fraction of sp³-hybridized carbons (Fsp3) is 0.529. The zero-order valence-electron chi connectivity index (χ0n) is 15.5. The molecule has 2 amide bonds. The zero-order chi connectivity index (χ0) is 20.2. The Hall–Kier alpha value is -2.33. The summed E-state index contributed by atoms with van der Waals surface area (Å²) >= 11 is 0. The van der Waals surface area contributed by atoms with Crippen LogP contribution in [0.15, 0.2) is 23.1 Å². The van der Waals surface area contributed by atoms with Crippen molar-refractivity contribution < 1.29 is 27.9 Å².